The summed E-state index contributed by atoms with van der Waals surface area (Å²) in [4.78, 5) is 24.2. The number of hydrogen-bond acceptors (Lipinski definition) is 2. The monoisotopic (exact) mass is 250 g/mol. The average molecular weight is 250 g/mol. The van der Waals surface area contributed by atoms with Crippen LogP contribution in [0.5, 0.6) is 0 Å². The van der Waals surface area contributed by atoms with Crippen molar-refractivity contribution in [3.63, 3.8) is 0 Å². The summed E-state index contributed by atoms with van der Waals surface area (Å²) in [7, 11) is 0. The Labute approximate surface area is 106 Å². The SMILES string of the molecule is CC(C)Cn1c2c(ccc1=O)CN(C(=O)O)CC2. The van der Waals surface area contributed by atoms with Crippen LogP contribution in [0.15, 0.2) is 16.9 Å². The molecule has 0 spiro atoms. The predicted octanol–water partition coefficient (Wildman–Crippen LogP) is 1.54. The Kier molecular flexibility index (Phi) is 3.41. The van der Waals surface area contributed by atoms with E-state index in [0.717, 1.165) is 11.3 Å². The lowest BCUT2D eigenvalue weighted by Gasteiger charge is -2.28. The molecule has 18 heavy (non-hydrogen) atoms. The molecule has 0 aromatic carbocycles. The molecule has 0 atom stereocenters. The Morgan fingerprint density at radius 1 is 1.44 bits per heavy atom. The first kappa shape index (κ1) is 12.7. The van der Waals surface area contributed by atoms with Crippen LogP contribution in [0.3, 0.4) is 0 Å². The summed E-state index contributed by atoms with van der Waals surface area (Å²) < 4.78 is 1.79. The van der Waals surface area contributed by atoms with Crippen molar-refractivity contribution in [3.8, 4) is 0 Å². The normalized spacial score (nSPS) is 14.7. The number of rotatable bonds is 2. The van der Waals surface area contributed by atoms with Gasteiger partial charge in [-0.05, 0) is 11.5 Å². The number of hydrogen-bond donors (Lipinski definition) is 1. The third-order valence-corrected chi connectivity index (χ3v) is 3.19. The van der Waals surface area contributed by atoms with Crippen molar-refractivity contribution < 1.29 is 9.90 Å². The van der Waals surface area contributed by atoms with Gasteiger partial charge in [-0.1, -0.05) is 19.9 Å². The molecule has 1 amide bonds. The molecule has 2 rings (SSSR count). The van der Waals surface area contributed by atoms with Gasteiger partial charge in [0, 0.05) is 31.3 Å². The van der Waals surface area contributed by atoms with E-state index in [-0.39, 0.29) is 5.56 Å². The number of pyridine rings is 1. The molecule has 0 bridgehead atoms. The second-order valence-electron chi connectivity index (χ2n) is 5.10. The summed E-state index contributed by atoms with van der Waals surface area (Å²) >= 11 is 0. The summed E-state index contributed by atoms with van der Waals surface area (Å²) in [6.45, 7) is 5.67. The maximum Gasteiger partial charge on any atom is 0.407 e. The van der Waals surface area contributed by atoms with Gasteiger partial charge in [-0.3, -0.25) is 4.79 Å². The number of carboxylic acid groups (broad SMARTS) is 1. The second kappa shape index (κ2) is 4.84. The summed E-state index contributed by atoms with van der Waals surface area (Å²) in [5, 5.41) is 8.99. The Hall–Kier alpha value is -1.78. The van der Waals surface area contributed by atoms with Crippen molar-refractivity contribution >= 4 is 6.09 Å². The maximum atomic E-state index is 11.9. The maximum absolute atomic E-state index is 11.9. The van der Waals surface area contributed by atoms with E-state index in [4.69, 9.17) is 5.11 Å². The molecule has 0 unspecified atom stereocenters. The zero-order valence-electron chi connectivity index (χ0n) is 10.7. The summed E-state index contributed by atoms with van der Waals surface area (Å²) in [6.07, 6.45) is -0.285. The fourth-order valence-corrected chi connectivity index (χ4v) is 2.36. The van der Waals surface area contributed by atoms with Gasteiger partial charge >= 0.3 is 6.09 Å². The standard InChI is InChI=1S/C13H18N2O3/c1-9(2)7-15-11-5-6-14(13(17)18)8-10(11)3-4-12(15)16/h3-4,9H,5-8H2,1-2H3,(H,17,18). The average Bonchev–Trinajstić information content (AvgIpc) is 2.31. The minimum Gasteiger partial charge on any atom is -0.465 e. The van der Waals surface area contributed by atoms with Crippen LogP contribution in [0.1, 0.15) is 25.1 Å². The van der Waals surface area contributed by atoms with Crippen LogP contribution in [0.4, 0.5) is 4.79 Å². The molecule has 0 aliphatic carbocycles. The first-order valence-electron chi connectivity index (χ1n) is 6.18. The first-order valence-corrected chi connectivity index (χ1v) is 6.18. The van der Waals surface area contributed by atoms with Crippen molar-refractivity contribution in [2.24, 2.45) is 5.92 Å². The molecule has 98 valence electrons. The van der Waals surface area contributed by atoms with Crippen LogP contribution in [-0.2, 0) is 19.5 Å². The van der Waals surface area contributed by atoms with Gasteiger partial charge in [-0.2, -0.15) is 0 Å². The van der Waals surface area contributed by atoms with Crippen LogP contribution >= 0.6 is 0 Å². The number of nitrogens with zero attached hydrogens (tertiary/aromatic N) is 2. The van der Waals surface area contributed by atoms with E-state index in [9.17, 15) is 9.59 Å². The fraction of sp³-hybridized carbons (Fsp3) is 0.538. The Morgan fingerprint density at radius 3 is 2.78 bits per heavy atom. The van der Waals surface area contributed by atoms with Gasteiger partial charge in [0.05, 0.1) is 6.54 Å². The third kappa shape index (κ3) is 2.39. The highest BCUT2D eigenvalue weighted by molar-refractivity contribution is 5.65. The van der Waals surface area contributed by atoms with Crippen molar-refractivity contribution in [1.82, 2.24) is 9.47 Å². The summed E-state index contributed by atoms with van der Waals surface area (Å²) in [5.74, 6) is 0.395. The zero-order valence-corrected chi connectivity index (χ0v) is 10.7. The van der Waals surface area contributed by atoms with Crippen LogP contribution in [0, 0.1) is 5.92 Å². The fourth-order valence-electron chi connectivity index (χ4n) is 2.36. The number of carbonyl (C=O) groups is 1. The van der Waals surface area contributed by atoms with Gasteiger partial charge in [-0.15, -0.1) is 0 Å². The van der Waals surface area contributed by atoms with E-state index in [1.807, 2.05) is 0 Å². The van der Waals surface area contributed by atoms with Gasteiger partial charge in [-0.25, -0.2) is 4.79 Å². The number of amides is 1. The van der Waals surface area contributed by atoms with Gasteiger partial charge in [0.15, 0.2) is 0 Å². The topological polar surface area (TPSA) is 62.5 Å². The van der Waals surface area contributed by atoms with Gasteiger partial charge < -0.3 is 14.6 Å². The molecule has 0 radical (unpaired) electrons. The van der Waals surface area contributed by atoms with Crippen LogP contribution < -0.4 is 5.56 Å². The highest BCUT2D eigenvalue weighted by Gasteiger charge is 2.22. The van der Waals surface area contributed by atoms with E-state index in [1.165, 1.54) is 11.0 Å². The molecule has 0 fully saturated rings. The first-order chi connectivity index (χ1) is 8.49. The van der Waals surface area contributed by atoms with E-state index in [0.29, 0.717) is 32.0 Å². The molecular formula is C13H18N2O3. The third-order valence-electron chi connectivity index (χ3n) is 3.19. The molecule has 2 heterocycles. The molecule has 5 heteroatoms. The van der Waals surface area contributed by atoms with Gasteiger partial charge in [0.2, 0.25) is 0 Å². The van der Waals surface area contributed by atoms with E-state index < -0.39 is 6.09 Å². The predicted molar refractivity (Wildman–Crippen MR) is 67.7 cm³/mol. The number of fused-ring (bicyclic) bond motifs is 1. The van der Waals surface area contributed by atoms with Gasteiger partial charge in [0.25, 0.3) is 5.56 Å². The van der Waals surface area contributed by atoms with Crippen LogP contribution in [0.2, 0.25) is 0 Å². The highest BCUT2D eigenvalue weighted by Crippen LogP contribution is 2.18. The van der Waals surface area contributed by atoms with E-state index in [1.54, 1.807) is 10.6 Å². The molecule has 1 aromatic rings. The summed E-state index contributed by atoms with van der Waals surface area (Å²) in [5.41, 5.74) is 1.95. The minimum absolute atomic E-state index is 0.00576. The molecule has 0 saturated heterocycles. The van der Waals surface area contributed by atoms with Crippen molar-refractivity contribution in [2.75, 3.05) is 6.54 Å². The largest absolute Gasteiger partial charge is 0.465 e. The van der Waals surface area contributed by atoms with Crippen molar-refractivity contribution in [2.45, 2.75) is 33.4 Å². The molecule has 1 aliphatic rings. The molecule has 1 N–H and O–H groups in total. The molecule has 5 nitrogen and oxygen atoms in total. The zero-order chi connectivity index (χ0) is 13.3. The molecular weight excluding hydrogens is 232 g/mol. The smallest absolute Gasteiger partial charge is 0.407 e. The molecule has 1 aliphatic heterocycles. The lowest BCUT2D eigenvalue weighted by molar-refractivity contribution is 0.139. The lowest BCUT2D eigenvalue weighted by Crippen LogP contribution is -2.38. The quantitative estimate of drug-likeness (QED) is 0.866. The Bertz CT molecular complexity index is 519. The van der Waals surface area contributed by atoms with Crippen molar-refractivity contribution in [3.05, 3.63) is 33.7 Å². The van der Waals surface area contributed by atoms with Gasteiger partial charge in [0.1, 0.15) is 0 Å². The second-order valence-corrected chi connectivity index (χ2v) is 5.10. The molecule has 1 aromatic heterocycles. The summed E-state index contributed by atoms with van der Waals surface area (Å²) in [6, 6.07) is 3.29. The van der Waals surface area contributed by atoms with Crippen molar-refractivity contribution in [1.29, 1.82) is 0 Å². The van der Waals surface area contributed by atoms with Crippen LogP contribution in [-0.4, -0.2) is 27.2 Å². The molecule has 0 saturated carbocycles. The Morgan fingerprint density at radius 2 is 2.17 bits per heavy atom. The lowest BCUT2D eigenvalue weighted by atomic mass is 10.0. The van der Waals surface area contributed by atoms with E-state index >= 15 is 0 Å². The Balaban J connectivity index is 2.38. The highest BCUT2D eigenvalue weighted by atomic mass is 16.4. The number of aromatic nitrogens is 1. The van der Waals surface area contributed by atoms with E-state index in [2.05, 4.69) is 13.8 Å². The van der Waals surface area contributed by atoms with Crippen LogP contribution in [0.25, 0.3) is 0 Å². The minimum atomic E-state index is -0.901.